The van der Waals surface area contributed by atoms with Crippen LogP contribution in [0.15, 0.2) is 185 Å². The van der Waals surface area contributed by atoms with Gasteiger partial charge in [-0.2, -0.15) is 0 Å². The summed E-state index contributed by atoms with van der Waals surface area (Å²) in [5, 5.41) is 4.32. The molecule has 1 aliphatic carbocycles. The lowest BCUT2D eigenvalue weighted by atomic mass is 9.67. The van der Waals surface area contributed by atoms with E-state index >= 15 is 0 Å². The summed E-state index contributed by atoms with van der Waals surface area (Å²) in [5.74, 6) is 0. The van der Waals surface area contributed by atoms with E-state index < -0.39 is 5.41 Å². The minimum atomic E-state index is -0.547. The number of anilines is 3. The van der Waals surface area contributed by atoms with Gasteiger partial charge in [0.2, 0.25) is 0 Å². The van der Waals surface area contributed by atoms with Gasteiger partial charge in [0.15, 0.2) is 5.58 Å². The van der Waals surface area contributed by atoms with E-state index in [4.69, 9.17) is 8.83 Å². The largest absolute Gasteiger partial charge is 0.456 e. The van der Waals surface area contributed by atoms with Crippen LogP contribution in [0.2, 0.25) is 0 Å². The SMILES string of the molecule is Cc1ccc(C2(c3ccc(C)cc3)c3ccccc3-c3c(N(c4cccc5c4oc4ccccc45)c4cccc5oc6ccccc6c45)cccc32)cc1. The highest BCUT2D eigenvalue weighted by Gasteiger charge is 2.47. The second-order valence-electron chi connectivity index (χ2n) is 14.6. The van der Waals surface area contributed by atoms with Crippen LogP contribution in [0.3, 0.4) is 0 Å². The molecule has 0 N–H and O–H groups in total. The van der Waals surface area contributed by atoms with Gasteiger partial charge in [-0.05, 0) is 78.1 Å². The highest BCUT2D eigenvalue weighted by Crippen LogP contribution is 2.60. The zero-order valence-electron chi connectivity index (χ0n) is 30.0. The first-order valence-electron chi connectivity index (χ1n) is 18.6. The lowest BCUT2D eigenvalue weighted by Gasteiger charge is -2.34. The van der Waals surface area contributed by atoms with Gasteiger partial charge in [0.1, 0.15) is 16.7 Å². The summed E-state index contributed by atoms with van der Waals surface area (Å²) in [7, 11) is 0. The highest BCUT2D eigenvalue weighted by molar-refractivity contribution is 6.17. The van der Waals surface area contributed by atoms with Crippen molar-refractivity contribution in [2.24, 2.45) is 0 Å². The Morgan fingerprint density at radius 2 is 0.944 bits per heavy atom. The third-order valence-corrected chi connectivity index (χ3v) is 11.5. The van der Waals surface area contributed by atoms with Crippen LogP contribution in [0, 0.1) is 13.8 Å². The molecule has 0 fully saturated rings. The summed E-state index contributed by atoms with van der Waals surface area (Å²) in [6.45, 7) is 4.32. The summed E-state index contributed by atoms with van der Waals surface area (Å²) in [5.41, 5.74) is 15.9. The molecule has 0 saturated carbocycles. The minimum absolute atomic E-state index is 0.547. The molecule has 3 heteroatoms. The molecule has 0 spiro atoms. The summed E-state index contributed by atoms with van der Waals surface area (Å²) in [6, 6.07) is 63.7. The molecule has 2 heterocycles. The van der Waals surface area contributed by atoms with Crippen LogP contribution in [-0.4, -0.2) is 0 Å². The molecule has 11 rings (SSSR count). The van der Waals surface area contributed by atoms with Crippen molar-refractivity contribution in [1.82, 2.24) is 0 Å². The molecule has 0 bridgehead atoms. The Bertz CT molecular complexity index is 3030. The summed E-state index contributed by atoms with van der Waals surface area (Å²) >= 11 is 0. The van der Waals surface area contributed by atoms with Crippen LogP contribution in [0.5, 0.6) is 0 Å². The van der Waals surface area contributed by atoms with E-state index in [1.807, 2.05) is 12.1 Å². The Kier molecular flexibility index (Phi) is 6.60. The number of furan rings is 2. The molecular weight excluding hydrogens is 659 g/mol. The third kappa shape index (κ3) is 4.24. The van der Waals surface area contributed by atoms with Gasteiger partial charge in [-0.25, -0.2) is 0 Å². The molecule has 0 atom stereocenters. The van der Waals surface area contributed by atoms with Gasteiger partial charge in [-0.15, -0.1) is 0 Å². The van der Waals surface area contributed by atoms with Crippen molar-refractivity contribution in [3.05, 3.63) is 209 Å². The van der Waals surface area contributed by atoms with Crippen LogP contribution >= 0.6 is 0 Å². The molecule has 1 aliphatic rings. The van der Waals surface area contributed by atoms with Crippen molar-refractivity contribution in [3.63, 3.8) is 0 Å². The monoisotopic (exact) mass is 693 g/mol. The summed E-state index contributed by atoms with van der Waals surface area (Å²) < 4.78 is 13.3. The Morgan fingerprint density at radius 3 is 1.70 bits per heavy atom. The number of aryl methyl sites for hydroxylation is 2. The van der Waals surface area contributed by atoms with Crippen LogP contribution in [0.4, 0.5) is 17.1 Å². The van der Waals surface area contributed by atoms with Gasteiger partial charge >= 0.3 is 0 Å². The molecule has 0 radical (unpaired) electrons. The van der Waals surface area contributed by atoms with Crippen molar-refractivity contribution in [2.45, 2.75) is 19.3 Å². The topological polar surface area (TPSA) is 29.5 Å². The number of benzene rings is 8. The smallest absolute Gasteiger partial charge is 0.159 e. The van der Waals surface area contributed by atoms with Gasteiger partial charge in [-0.1, -0.05) is 151 Å². The normalized spacial score (nSPS) is 13.1. The lowest BCUT2D eigenvalue weighted by molar-refractivity contribution is 0.668. The summed E-state index contributed by atoms with van der Waals surface area (Å²) in [6.07, 6.45) is 0. The van der Waals surface area contributed by atoms with Gasteiger partial charge in [0.05, 0.1) is 27.9 Å². The van der Waals surface area contributed by atoms with Crippen molar-refractivity contribution >= 4 is 60.9 Å². The fourth-order valence-corrected chi connectivity index (χ4v) is 9.13. The zero-order valence-corrected chi connectivity index (χ0v) is 30.0. The predicted molar refractivity (Wildman–Crippen MR) is 222 cm³/mol. The maximum absolute atomic E-state index is 6.81. The van der Waals surface area contributed by atoms with Gasteiger partial charge in [-0.3, -0.25) is 0 Å². The molecule has 54 heavy (non-hydrogen) atoms. The Labute approximate surface area is 313 Å². The second kappa shape index (κ2) is 11.6. The Hall–Kier alpha value is -6.84. The number of hydrogen-bond donors (Lipinski definition) is 0. The van der Waals surface area contributed by atoms with E-state index in [1.54, 1.807) is 0 Å². The average Bonchev–Trinajstić information content (AvgIpc) is 3.88. The van der Waals surface area contributed by atoms with E-state index in [-0.39, 0.29) is 0 Å². The highest BCUT2D eigenvalue weighted by atomic mass is 16.3. The second-order valence-corrected chi connectivity index (χ2v) is 14.6. The van der Waals surface area contributed by atoms with E-state index in [1.165, 1.54) is 44.5 Å². The molecule has 0 unspecified atom stereocenters. The van der Waals surface area contributed by atoms with Crippen LogP contribution in [-0.2, 0) is 5.41 Å². The van der Waals surface area contributed by atoms with Crippen molar-refractivity contribution in [1.29, 1.82) is 0 Å². The first-order valence-corrected chi connectivity index (χ1v) is 18.6. The molecule has 2 aromatic heterocycles. The zero-order chi connectivity index (χ0) is 36.0. The van der Waals surface area contributed by atoms with Gasteiger partial charge in [0.25, 0.3) is 0 Å². The Balaban J connectivity index is 1.30. The Morgan fingerprint density at radius 1 is 0.407 bits per heavy atom. The fourth-order valence-electron chi connectivity index (χ4n) is 9.13. The first-order chi connectivity index (χ1) is 26.6. The summed E-state index contributed by atoms with van der Waals surface area (Å²) in [4.78, 5) is 2.42. The molecule has 8 aromatic carbocycles. The number of para-hydroxylation sites is 3. The van der Waals surface area contributed by atoms with Crippen LogP contribution < -0.4 is 4.90 Å². The molecule has 3 nitrogen and oxygen atoms in total. The molecule has 0 saturated heterocycles. The maximum atomic E-state index is 6.81. The van der Waals surface area contributed by atoms with Crippen molar-refractivity contribution in [3.8, 4) is 11.1 Å². The molecule has 0 amide bonds. The van der Waals surface area contributed by atoms with Gasteiger partial charge in [0, 0.05) is 21.7 Å². The number of nitrogens with zero attached hydrogens (tertiary/aromatic N) is 1. The van der Waals surface area contributed by atoms with Crippen LogP contribution in [0.1, 0.15) is 33.4 Å². The number of fused-ring (bicyclic) bond motifs is 9. The van der Waals surface area contributed by atoms with E-state index in [2.05, 4.69) is 183 Å². The van der Waals surface area contributed by atoms with E-state index in [0.717, 1.165) is 60.9 Å². The first kappa shape index (κ1) is 30.8. The minimum Gasteiger partial charge on any atom is -0.456 e. The molecule has 10 aromatic rings. The molecule has 256 valence electrons. The maximum Gasteiger partial charge on any atom is 0.159 e. The van der Waals surface area contributed by atoms with Crippen molar-refractivity contribution in [2.75, 3.05) is 4.90 Å². The molecular formula is C51H35NO2. The fraction of sp³-hybridized carbons (Fsp3) is 0.0588. The van der Waals surface area contributed by atoms with Gasteiger partial charge < -0.3 is 13.7 Å². The predicted octanol–water partition coefficient (Wildman–Crippen LogP) is 13.9. The third-order valence-electron chi connectivity index (χ3n) is 11.5. The quantitative estimate of drug-likeness (QED) is 0.180. The van der Waals surface area contributed by atoms with Crippen molar-refractivity contribution < 1.29 is 8.83 Å². The molecule has 0 aliphatic heterocycles. The number of rotatable bonds is 5. The number of hydrogen-bond acceptors (Lipinski definition) is 3. The average molecular weight is 694 g/mol. The van der Waals surface area contributed by atoms with E-state index in [0.29, 0.717) is 0 Å². The van der Waals surface area contributed by atoms with E-state index in [9.17, 15) is 0 Å². The standard InChI is InChI=1S/C51H35NO2/c1-32-24-28-34(29-25-32)51(35-30-26-33(2)27-31-35)40-16-6-3-13-38(40)48-41(51)17-10-18-42(48)52(43-19-11-23-47-49(43)39-14-5-8-22-46(39)53-47)44-20-9-15-37-36-12-4-7-21-45(36)54-50(37)44/h3-31H,1-2H3. The lowest BCUT2D eigenvalue weighted by Crippen LogP contribution is -2.28. The van der Waals surface area contributed by atoms with Crippen LogP contribution in [0.25, 0.3) is 55.0 Å².